The Morgan fingerprint density at radius 1 is 0.339 bits per heavy atom. The average Bonchev–Trinajstić information content (AvgIpc) is 3.31. The molecule has 0 atom stereocenters. The number of benzene rings is 8. The third-order valence-electron chi connectivity index (χ3n) is 10.9. The molecule has 8 aromatic rings. The van der Waals surface area contributed by atoms with Gasteiger partial charge in [0.15, 0.2) is 0 Å². The molecule has 0 fully saturated rings. The van der Waals surface area contributed by atoms with E-state index in [4.69, 9.17) is 9.47 Å². The molecule has 59 heavy (non-hydrogen) atoms. The molecule has 0 unspecified atom stereocenters. The highest BCUT2D eigenvalue weighted by atomic mass is 32.2. The van der Waals surface area contributed by atoms with E-state index in [-0.39, 0.29) is 0 Å². The Labute approximate surface area is 356 Å². The van der Waals surface area contributed by atoms with Crippen molar-refractivity contribution in [1.29, 1.82) is 0 Å². The topological polar surface area (TPSA) is 18.5 Å². The quantitative estimate of drug-likeness (QED) is 0.0905. The first kappa shape index (κ1) is 40.4. The Hall–Kier alpha value is -5.43. The number of ether oxygens (including phenoxy) is 2. The van der Waals surface area contributed by atoms with E-state index in [1.165, 1.54) is 52.7 Å². The van der Waals surface area contributed by atoms with Gasteiger partial charge < -0.3 is 9.47 Å². The third kappa shape index (κ3) is 8.66. The lowest BCUT2D eigenvalue weighted by atomic mass is 10.2. The molecule has 0 radical (unpaired) electrons. The summed E-state index contributed by atoms with van der Waals surface area (Å²) in [6, 6.07) is 80.2. The van der Waals surface area contributed by atoms with Gasteiger partial charge in [0.1, 0.15) is 70.2 Å². The van der Waals surface area contributed by atoms with E-state index in [1.54, 1.807) is 0 Å². The highest BCUT2D eigenvalue weighted by Crippen LogP contribution is 2.60. The summed E-state index contributed by atoms with van der Waals surface area (Å²) in [5, 5.41) is 8.15. The zero-order valence-corrected chi connectivity index (χ0v) is 36.3. The van der Waals surface area contributed by atoms with Gasteiger partial charge in [0.25, 0.3) is 0 Å². The summed E-state index contributed by atoms with van der Waals surface area (Å²) < 4.78 is 12.9. The van der Waals surface area contributed by atoms with E-state index >= 15 is 0 Å². The molecule has 0 amide bonds. The second-order valence-electron chi connectivity index (χ2n) is 14.5. The first-order valence-electron chi connectivity index (χ1n) is 20.4. The van der Waals surface area contributed by atoms with Crippen LogP contribution >= 0.6 is 26.3 Å². The zero-order valence-electron chi connectivity index (χ0n) is 33.7. The minimum atomic E-state index is -2.16. The molecule has 0 heterocycles. The smallest absolute Gasteiger partial charge is 0.126 e. The molecule has 8 rings (SSSR count). The molecule has 0 spiro atoms. The van der Waals surface area contributed by atoms with Crippen LogP contribution in [0.5, 0.6) is 11.5 Å². The van der Waals surface area contributed by atoms with Crippen LogP contribution in [-0.4, -0.2) is 13.2 Å². The lowest BCUT2D eigenvalue weighted by Crippen LogP contribution is -2.32. The number of hydrogen-bond donors (Lipinski definition) is 0. The second-order valence-corrected chi connectivity index (χ2v) is 22.6. The molecule has 2 nitrogen and oxygen atoms in total. The van der Waals surface area contributed by atoms with Gasteiger partial charge in [0, 0.05) is 20.9 Å². The predicted octanol–water partition coefficient (Wildman–Crippen LogP) is 11.6. The van der Waals surface area contributed by atoms with Crippen LogP contribution in [0.1, 0.15) is 25.0 Å². The van der Waals surface area contributed by atoms with Crippen molar-refractivity contribution in [3.05, 3.63) is 230 Å². The average molecular weight is 825 g/mol. The van der Waals surface area contributed by atoms with Gasteiger partial charge >= 0.3 is 0 Å². The van der Waals surface area contributed by atoms with Crippen LogP contribution in [0.2, 0.25) is 0 Å². The molecule has 8 aromatic carbocycles. The first-order chi connectivity index (χ1) is 29.1. The monoisotopic (exact) mass is 824 g/mol. The molecule has 0 saturated carbocycles. The summed E-state index contributed by atoms with van der Waals surface area (Å²) in [5.41, 5.74) is 2.44. The summed E-state index contributed by atoms with van der Waals surface area (Å²) in [6.07, 6.45) is 1.67. The zero-order chi connectivity index (χ0) is 40.3. The summed E-state index contributed by atoms with van der Waals surface area (Å²) in [7, 11) is -4.33. The van der Waals surface area contributed by atoms with Gasteiger partial charge in [0.05, 0.1) is 13.2 Å². The lowest BCUT2D eigenvalue weighted by Gasteiger charge is -2.29. The van der Waals surface area contributed by atoms with E-state index in [2.05, 4.69) is 232 Å². The Kier molecular flexibility index (Phi) is 13.1. The van der Waals surface area contributed by atoms with Crippen LogP contribution in [0.15, 0.2) is 228 Å². The minimum absolute atomic E-state index is 0.601. The van der Waals surface area contributed by atoms with E-state index in [9.17, 15) is 0 Å². The van der Waals surface area contributed by atoms with Gasteiger partial charge in [-0.25, -0.2) is 0 Å². The molecule has 0 N–H and O–H groups in total. The van der Waals surface area contributed by atoms with Crippen molar-refractivity contribution in [2.45, 2.75) is 36.0 Å². The van der Waals surface area contributed by atoms with Gasteiger partial charge in [-0.05, 0) is 123 Å². The van der Waals surface area contributed by atoms with Gasteiger partial charge in [-0.1, -0.05) is 121 Å². The molecule has 0 aliphatic rings. The van der Waals surface area contributed by atoms with Crippen LogP contribution in [-0.2, 0) is 12.3 Å². The van der Waals surface area contributed by atoms with Crippen molar-refractivity contribution in [3.8, 4) is 11.5 Å². The summed E-state index contributed by atoms with van der Waals surface area (Å²) >= 11 is 1.81. The maximum absolute atomic E-state index is 6.43. The van der Waals surface area contributed by atoms with Crippen molar-refractivity contribution < 1.29 is 9.47 Å². The maximum Gasteiger partial charge on any atom is 0.126 e. The van der Waals surface area contributed by atoms with Gasteiger partial charge in [-0.3, -0.25) is 0 Å². The molecule has 0 saturated heterocycles. The first-order valence-corrected chi connectivity index (χ1v) is 25.2. The normalized spacial score (nSPS) is 11.6. The maximum atomic E-state index is 6.43. The Bertz CT molecular complexity index is 2160. The van der Waals surface area contributed by atoms with E-state index in [0.29, 0.717) is 13.2 Å². The Morgan fingerprint density at radius 2 is 0.593 bits per heavy atom. The van der Waals surface area contributed by atoms with E-state index in [0.717, 1.165) is 23.8 Å². The summed E-state index contributed by atoms with van der Waals surface area (Å²) in [6.45, 7) is 5.35. The molecule has 0 aliphatic carbocycles. The van der Waals surface area contributed by atoms with E-state index in [1.807, 2.05) is 11.8 Å². The highest BCUT2D eigenvalue weighted by molar-refractivity contribution is 7.99. The molecular formula is C54H50O2P2S+2. The highest BCUT2D eigenvalue weighted by Gasteiger charge is 2.47. The Balaban J connectivity index is 1.23. The minimum Gasteiger partial charge on any atom is -0.493 e. The van der Waals surface area contributed by atoms with Crippen LogP contribution in [0.3, 0.4) is 0 Å². The van der Waals surface area contributed by atoms with Crippen molar-refractivity contribution in [1.82, 2.24) is 0 Å². The van der Waals surface area contributed by atoms with Crippen molar-refractivity contribution in [3.63, 3.8) is 0 Å². The van der Waals surface area contributed by atoms with Crippen molar-refractivity contribution in [2.75, 3.05) is 13.2 Å². The van der Waals surface area contributed by atoms with Gasteiger partial charge in [-0.15, -0.1) is 0 Å². The van der Waals surface area contributed by atoms with E-state index < -0.39 is 14.5 Å². The summed E-state index contributed by atoms with van der Waals surface area (Å²) in [4.78, 5) is 2.36. The van der Waals surface area contributed by atoms with Crippen LogP contribution in [0, 0.1) is 0 Å². The fourth-order valence-corrected chi connectivity index (χ4v) is 17.7. The second kappa shape index (κ2) is 19.1. The van der Waals surface area contributed by atoms with Gasteiger partial charge in [0.2, 0.25) is 0 Å². The molecule has 0 aromatic heterocycles. The largest absolute Gasteiger partial charge is 0.493 e. The van der Waals surface area contributed by atoms with Crippen molar-refractivity contribution >= 4 is 58.1 Å². The third-order valence-corrected chi connectivity index (χ3v) is 20.6. The molecule has 5 heteroatoms. The summed E-state index contributed by atoms with van der Waals surface area (Å²) in [5.74, 6) is 1.89. The number of rotatable bonds is 16. The van der Waals surface area contributed by atoms with Crippen LogP contribution in [0.25, 0.3) is 0 Å². The predicted molar refractivity (Wildman–Crippen MR) is 257 cm³/mol. The Morgan fingerprint density at radius 3 is 0.831 bits per heavy atom. The lowest BCUT2D eigenvalue weighted by molar-refractivity contribution is 0.337. The van der Waals surface area contributed by atoms with Crippen LogP contribution < -0.4 is 41.3 Å². The number of hydrogen-bond acceptors (Lipinski definition) is 3. The van der Waals surface area contributed by atoms with Crippen molar-refractivity contribution in [2.24, 2.45) is 0 Å². The SMILES string of the molecule is CCOc1ccc(Sc2ccc(OCC)c(C[P+](c3ccccc3)(c3ccccc3)c3ccccc3)c2)cc1C[P+](c1ccccc1)(c1ccccc1)c1ccccc1. The molecule has 292 valence electrons. The van der Waals surface area contributed by atoms with Gasteiger partial charge in [-0.2, -0.15) is 0 Å². The van der Waals surface area contributed by atoms with Crippen LogP contribution in [0.4, 0.5) is 0 Å². The standard InChI is InChI=1S/C54H50O2P2S/c1-3-55-53-37-35-51(39-43(53)41-57(45-23-11-5-12-24-45,46-25-13-6-14-26-46)47-27-15-7-16-28-47)59-52-36-38-54(56-4-2)44(40-52)42-58(48-29-17-8-18-30-48,49-31-19-9-20-32-49)50-33-21-10-22-34-50/h5-40H,3-4,41-42H2,1-2H3/q+2. The fourth-order valence-electron chi connectivity index (χ4n) is 8.26. The molecule has 0 bridgehead atoms. The molecular weight excluding hydrogens is 775 g/mol. The molecule has 0 aliphatic heterocycles. The fraction of sp³-hybridized carbons (Fsp3) is 0.111.